The van der Waals surface area contributed by atoms with E-state index in [1.54, 1.807) is 15.8 Å². The van der Waals surface area contributed by atoms with Crippen LogP contribution >= 0.6 is 0 Å². The summed E-state index contributed by atoms with van der Waals surface area (Å²) in [5, 5.41) is 5.21. The van der Waals surface area contributed by atoms with E-state index in [4.69, 9.17) is 4.74 Å². The highest BCUT2D eigenvalue weighted by Crippen LogP contribution is 2.21. The molecule has 1 saturated heterocycles. The molecule has 1 aliphatic heterocycles. The van der Waals surface area contributed by atoms with Crippen LogP contribution in [0.3, 0.4) is 0 Å². The molecule has 0 bridgehead atoms. The molecule has 1 fully saturated rings. The van der Waals surface area contributed by atoms with Crippen LogP contribution < -0.4 is 4.74 Å². The van der Waals surface area contributed by atoms with Gasteiger partial charge in [0.1, 0.15) is 5.75 Å². The number of aryl methyl sites for hydroxylation is 1. The SMILES string of the molecule is Cn1ncc2ccc(OC(=O)N3CCCCC3)cc21. The third-order valence-corrected chi connectivity index (χ3v) is 3.54. The summed E-state index contributed by atoms with van der Waals surface area (Å²) in [6, 6.07) is 5.58. The van der Waals surface area contributed by atoms with Crippen molar-refractivity contribution >= 4 is 17.0 Å². The van der Waals surface area contributed by atoms with Crippen molar-refractivity contribution in [2.45, 2.75) is 19.3 Å². The van der Waals surface area contributed by atoms with Gasteiger partial charge in [-0.15, -0.1) is 0 Å². The minimum absolute atomic E-state index is 0.249. The molecule has 2 aromatic rings. The topological polar surface area (TPSA) is 47.4 Å². The molecule has 100 valence electrons. The number of benzene rings is 1. The minimum atomic E-state index is -0.249. The zero-order chi connectivity index (χ0) is 13.2. The summed E-state index contributed by atoms with van der Waals surface area (Å²) in [6.45, 7) is 1.60. The van der Waals surface area contributed by atoms with Crippen molar-refractivity contribution in [2.75, 3.05) is 13.1 Å². The van der Waals surface area contributed by atoms with Gasteiger partial charge in [-0.3, -0.25) is 4.68 Å². The lowest BCUT2D eigenvalue weighted by Gasteiger charge is -2.25. The Balaban J connectivity index is 1.76. The average molecular weight is 259 g/mol. The first-order valence-corrected chi connectivity index (χ1v) is 6.62. The van der Waals surface area contributed by atoms with Crippen molar-refractivity contribution in [1.82, 2.24) is 14.7 Å². The minimum Gasteiger partial charge on any atom is -0.410 e. The van der Waals surface area contributed by atoms with Crippen LogP contribution in [-0.4, -0.2) is 33.9 Å². The van der Waals surface area contributed by atoms with Crippen molar-refractivity contribution in [3.63, 3.8) is 0 Å². The molecule has 0 N–H and O–H groups in total. The maximum atomic E-state index is 12.0. The van der Waals surface area contributed by atoms with Crippen molar-refractivity contribution in [2.24, 2.45) is 7.05 Å². The highest BCUT2D eigenvalue weighted by molar-refractivity contribution is 5.81. The van der Waals surface area contributed by atoms with E-state index in [0.717, 1.165) is 36.8 Å². The van der Waals surface area contributed by atoms with Crippen LogP contribution in [0, 0.1) is 0 Å². The molecule has 0 spiro atoms. The predicted molar refractivity (Wildman–Crippen MR) is 72.2 cm³/mol. The number of aromatic nitrogens is 2. The second kappa shape index (κ2) is 4.91. The summed E-state index contributed by atoms with van der Waals surface area (Å²) in [5.74, 6) is 0.576. The number of likely N-dealkylation sites (tertiary alicyclic amines) is 1. The van der Waals surface area contributed by atoms with Crippen molar-refractivity contribution < 1.29 is 9.53 Å². The lowest BCUT2D eigenvalue weighted by molar-refractivity contribution is 0.142. The number of hydrogen-bond donors (Lipinski definition) is 0. The van der Waals surface area contributed by atoms with Crippen LogP contribution in [0.25, 0.3) is 10.9 Å². The van der Waals surface area contributed by atoms with Gasteiger partial charge in [-0.05, 0) is 31.4 Å². The van der Waals surface area contributed by atoms with Crippen LogP contribution in [-0.2, 0) is 7.05 Å². The molecule has 2 heterocycles. The molecule has 1 aliphatic rings. The van der Waals surface area contributed by atoms with Gasteiger partial charge in [0.25, 0.3) is 0 Å². The molecule has 3 rings (SSSR count). The molecule has 19 heavy (non-hydrogen) atoms. The molecule has 0 unspecified atom stereocenters. The van der Waals surface area contributed by atoms with Crippen molar-refractivity contribution in [3.8, 4) is 5.75 Å². The van der Waals surface area contributed by atoms with E-state index in [1.807, 2.05) is 25.2 Å². The maximum absolute atomic E-state index is 12.0. The molecule has 0 saturated carbocycles. The summed E-state index contributed by atoms with van der Waals surface area (Å²) in [5.41, 5.74) is 0.962. The van der Waals surface area contributed by atoms with Gasteiger partial charge in [0, 0.05) is 31.6 Å². The number of carbonyl (C=O) groups is 1. The molecule has 5 heteroatoms. The normalized spacial score (nSPS) is 15.7. The monoisotopic (exact) mass is 259 g/mol. The number of nitrogens with zero attached hydrogens (tertiary/aromatic N) is 3. The molecule has 0 aliphatic carbocycles. The summed E-state index contributed by atoms with van der Waals surface area (Å²) in [7, 11) is 1.87. The summed E-state index contributed by atoms with van der Waals surface area (Å²) in [6.07, 6.45) is 4.88. The Hall–Kier alpha value is -2.04. The average Bonchev–Trinajstić information content (AvgIpc) is 2.81. The first kappa shape index (κ1) is 12.0. The van der Waals surface area contributed by atoms with Gasteiger partial charge in [0.15, 0.2) is 0 Å². The largest absolute Gasteiger partial charge is 0.415 e. The lowest BCUT2D eigenvalue weighted by atomic mass is 10.1. The molecule has 0 atom stereocenters. The van der Waals surface area contributed by atoms with E-state index >= 15 is 0 Å². The van der Waals surface area contributed by atoms with Crippen LogP contribution in [0.15, 0.2) is 24.4 Å². The first-order chi connectivity index (χ1) is 9.24. The van der Waals surface area contributed by atoms with Crippen molar-refractivity contribution in [3.05, 3.63) is 24.4 Å². The highest BCUT2D eigenvalue weighted by atomic mass is 16.6. The second-order valence-corrected chi connectivity index (χ2v) is 4.90. The zero-order valence-electron chi connectivity index (χ0n) is 11.0. The molecular weight excluding hydrogens is 242 g/mol. The van der Waals surface area contributed by atoms with E-state index in [2.05, 4.69) is 5.10 Å². The van der Waals surface area contributed by atoms with E-state index in [9.17, 15) is 4.79 Å². The van der Waals surface area contributed by atoms with E-state index in [-0.39, 0.29) is 6.09 Å². The Labute approximate surface area is 111 Å². The summed E-state index contributed by atoms with van der Waals surface area (Å²) < 4.78 is 7.20. The van der Waals surface area contributed by atoms with Gasteiger partial charge < -0.3 is 9.64 Å². The number of fused-ring (bicyclic) bond motifs is 1. The number of piperidine rings is 1. The number of amides is 1. The Morgan fingerprint density at radius 1 is 1.26 bits per heavy atom. The quantitative estimate of drug-likeness (QED) is 0.790. The fraction of sp³-hybridized carbons (Fsp3) is 0.429. The third-order valence-electron chi connectivity index (χ3n) is 3.54. The van der Waals surface area contributed by atoms with E-state index in [0.29, 0.717) is 5.75 Å². The van der Waals surface area contributed by atoms with Crippen LogP contribution in [0.4, 0.5) is 4.79 Å². The van der Waals surface area contributed by atoms with Gasteiger partial charge in [-0.1, -0.05) is 0 Å². The van der Waals surface area contributed by atoms with Gasteiger partial charge >= 0.3 is 6.09 Å². The number of carbonyl (C=O) groups excluding carboxylic acids is 1. The molecular formula is C14H17N3O2. The van der Waals surface area contributed by atoms with Crippen LogP contribution in [0.1, 0.15) is 19.3 Å². The molecule has 1 amide bonds. The van der Waals surface area contributed by atoms with Gasteiger partial charge in [0.2, 0.25) is 0 Å². The standard InChI is InChI=1S/C14H17N3O2/c1-16-13-9-12(6-5-11(13)10-15-16)19-14(18)17-7-3-2-4-8-17/h5-6,9-10H,2-4,7-8H2,1H3. The smallest absolute Gasteiger partial charge is 0.410 e. The van der Waals surface area contributed by atoms with Crippen LogP contribution in [0.2, 0.25) is 0 Å². The van der Waals surface area contributed by atoms with E-state index in [1.165, 1.54) is 6.42 Å². The Kier molecular flexibility index (Phi) is 3.11. The van der Waals surface area contributed by atoms with E-state index < -0.39 is 0 Å². The third kappa shape index (κ3) is 2.41. The number of hydrogen-bond acceptors (Lipinski definition) is 3. The second-order valence-electron chi connectivity index (χ2n) is 4.90. The summed E-state index contributed by atoms with van der Waals surface area (Å²) >= 11 is 0. The zero-order valence-corrected chi connectivity index (χ0v) is 11.0. The highest BCUT2D eigenvalue weighted by Gasteiger charge is 2.18. The van der Waals surface area contributed by atoms with Gasteiger partial charge in [-0.25, -0.2) is 4.79 Å². The molecule has 1 aromatic carbocycles. The molecule has 5 nitrogen and oxygen atoms in total. The number of rotatable bonds is 1. The Morgan fingerprint density at radius 2 is 2.05 bits per heavy atom. The predicted octanol–water partition coefficient (Wildman–Crippen LogP) is 2.56. The van der Waals surface area contributed by atoms with Crippen molar-refractivity contribution in [1.29, 1.82) is 0 Å². The number of ether oxygens (including phenoxy) is 1. The van der Waals surface area contributed by atoms with Gasteiger partial charge in [-0.2, -0.15) is 5.10 Å². The van der Waals surface area contributed by atoms with Crippen LogP contribution in [0.5, 0.6) is 5.75 Å². The first-order valence-electron chi connectivity index (χ1n) is 6.62. The summed E-state index contributed by atoms with van der Waals surface area (Å²) in [4.78, 5) is 13.8. The fourth-order valence-electron chi connectivity index (χ4n) is 2.43. The molecule has 1 aromatic heterocycles. The Morgan fingerprint density at radius 3 is 2.84 bits per heavy atom. The van der Waals surface area contributed by atoms with Gasteiger partial charge in [0.05, 0.1) is 11.7 Å². The molecule has 0 radical (unpaired) electrons. The lowest BCUT2D eigenvalue weighted by Crippen LogP contribution is -2.37. The Bertz CT molecular complexity index is 600. The fourth-order valence-corrected chi connectivity index (χ4v) is 2.43. The maximum Gasteiger partial charge on any atom is 0.415 e.